The van der Waals surface area contributed by atoms with Crippen molar-refractivity contribution < 1.29 is 17.9 Å². The molecule has 9 heteroatoms. The fraction of sp³-hybridized carbons (Fsp3) is 0.389. The Hall–Kier alpha value is -2.68. The molecule has 2 aromatic heterocycles. The number of ether oxygens (including phenoxy) is 1. The van der Waals surface area contributed by atoms with Crippen molar-refractivity contribution in [1.82, 2.24) is 19.6 Å². The number of nitrogens with zero attached hydrogens (tertiary/aromatic N) is 5. The number of aryl methyl sites for hydroxylation is 1. The molecule has 3 aromatic rings. The van der Waals surface area contributed by atoms with E-state index in [2.05, 4.69) is 27.2 Å². The summed E-state index contributed by atoms with van der Waals surface area (Å²) < 4.78 is 46.7. The van der Waals surface area contributed by atoms with Gasteiger partial charge in [0.1, 0.15) is 12.1 Å². The lowest BCUT2D eigenvalue weighted by molar-refractivity contribution is -0.141. The molecule has 4 rings (SSSR count). The fourth-order valence-electron chi connectivity index (χ4n) is 3.24. The van der Waals surface area contributed by atoms with Gasteiger partial charge in [-0.15, -0.1) is 0 Å². The van der Waals surface area contributed by atoms with Crippen molar-refractivity contribution in [3.63, 3.8) is 0 Å². The zero-order chi connectivity index (χ0) is 18.9. The Morgan fingerprint density at radius 3 is 2.78 bits per heavy atom. The second kappa shape index (κ2) is 7.15. The molecule has 1 saturated heterocycles. The van der Waals surface area contributed by atoms with E-state index in [1.54, 1.807) is 0 Å². The van der Waals surface area contributed by atoms with Crippen molar-refractivity contribution in [2.75, 3.05) is 24.6 Å². The van der Waals surface area contributed by atoms with Crippen LogP contribution in [0.3, 0.4) is 0 Å². The third-order valence-corrected chi connectivity index (χ3v) is 4.58. The number of benzene rings is 1. The summed E-state index contributed by atoms with van der Waals surface area (Å²) in [5.41, 5.74) is 0.241. The molecule has 0 bridgehead atoms. The van der Waals surface area contributed by atoms with Gasteiger partial charge in [0.05, 0.1) is 12.7 Å². The molecular formula is C18H18F3N5O. The Labute approximate surface area is 153 Å². The minimum absolute atomic E-state index is 0.0628. The van der Waals surface area contributed by atoms with Crippen LogP contribution in [-0.4, -0.2) is 45.4 Å². The summed E-state index contributed by atoms with van der Waals surface area (Å²) in [7, 11) is 0. The largest absolute Gasteiger partial charge is 0.433 e. The highest BCUT2D eigenvalue weighted by atomic mass is 19.4. The Morgan fingerprint density at radius 1 is 1.19 bits per heavy atom. The van der Waals surface area contributed by atoms with Gasteiger partial charge < -0.3 is 9.64 Å². The van der Waals surface area contributed by atoms with Crippen molar-refractivity contribution in [3.8, 4) is 0 Å². The normalized spacial score (nSPS) is 18.2. The maximum absolute atomic E-state index is 13.2. The molecule has 6 nitrogen and oxygen atoms in total. The van der Waals surface area contributed by atoms with Gasteiger partial charge in [0, 0.05) is 19.2 Å². The Kier molecular flexibility index (Phi) is 4.69. The van der Waals surface area contributed by atoms with Gasteiger partial charge in [-0.05, 0) is 18.4 Å². The first-order chi connectivity index (χ1) is 13.0. The Balaban J connectivity index is 1.55. The lowest BCUT2D eigenvalue weighted by Gasteiger charge is -2.34. The van der Waals surface area contributed by atoms with E-state index in [0.717, 1.165) is 18.9 Å². The fourth-order valence-corrected chi connectivity index (χ4v) is 3.24. The number of anilines is 1. The molecule has 1 atom stereocenters. The Bertz CT molecular complexity index is 912. The van der Waals surface area contributed by atoms with Gasteiger partial charge in [-0.2, -0.15) is 27.8 Å². The van der Waals surface area contributed by atoms with Gasteiger partial charge in [-0.3, -0.25) is 0 Å². The first-order valence-corrected chi connectivity index (χ1v) is 8.69. The van der Waals surface area contributed by atoms with E-state index in [0.29, 0.717) is 25.5 Å². The number of hydrogen-bond acceptors (Lipinski definition) is 5. The van der Waals surface area contributed by atoms with E-state index in [9.17, 15) is 13.2 Å². The number of aromatic nitrogens is 4. The molecule has 1 fully saturated rings. The van der Waals surface area contributed by atoms with Crippen molar-refractivity contribution in [2.24, 2.45) is 0 Å². The summed E-state index contributed by atoms with van der Waals surface area (Å²) in [6, 6.07) is 11.1. The van der Waals surface area contributed by atoms with Crippen LogP contribution in [0.15, 0.2) is 42.7 Å². The van der Waals surface area contributed by atoms with Gasteiger partial charge >= 0.3 is 6.18 Å². The zero-order valence-corrected chi connectivity index (χ0v) is 14.4. The second-order valence-corrected chi connectivity index (χ2v) is 6.43. The van der Waals surface area contributed by atoms with Crippen molar-refractivity contribution >= 4 is 11.6 Å². The van der Waals surface area contributed by atoms with Crippen LogP contribution in [0.4, 0.5) is 19.0 Å². The van der Waals surface area contributed by atoms with E-state index < -0.39 is 11.9 Å². The Morgan fingerprint density at radius 2 is 2.00 bits per heavy atom. The minimum atomic E-state index is -4.54. The lowest BCUT2D eigenvalue weighted by Crippen LogP contribution is -2.43. The van der Waals surface area contributed by atoms with Gasteiger partial charge in [-0.25, -0.2) is 4.98 Å². The van der Waals surface area contributed by atoms with E-state index in [1.807, 2.05) is 23.1 Å². The van der Waals surface area contributed by atoms with Crippen molar-refractivity contribution in [1.29, 1.82) is 0 Å². The number of morpholine rings is 1. The summed E-state index contributed by atoms with van der Waals surface area (Å²) in [6.07, 6.45) is -1.76. The molecule has 1 aliphatic rings. The number of alkyl halides is 3. The molecule has 1 aromatic carbocycles. The maximum atomic E-state index is 13.2. The van der Waals surface area contributed by atoms with Crippen LogP contribution in [0.2, 0.25) is 0 Å². The average Bonchev–Trinajstić information content (AvgIpc) is 3.15. The topological polar surface area (TPSA) is 55.6 Å². The molecule has 1 unspecified atom stereocenters. The molecule has 0 radical (unpaired) electrons. The molecule has 0 N–H and O–H groups in total. The van der Waals surface area contributed by atoms with E-state index in [4.69, 9.17) is 4.74 Å². The first kappa shape index (κ1) is 17.7. The predicted molar refractivity (Wildman–Crippen MR) is 92.5 cm³/mol. The molecule has 0 spiro atoms. The maximum Gasteiger partial charge on any atom is 0.433 e. The van der Waals surface area contributed by atoms with Gasteiger partial charge in [0.15, 0.2) is 5.69 Å². The summed E-state index contributed by atoms with van der Waals surface area (Å²) in [6.45, 7) is 1.42. The third kappa shape index (κ3) is 3.87. The van der Waals surface area contributed by atoms with Crippen LogP contribution >= 0.6 is 0 Å². The smallest absolute Gasteiger partial charge is 0.375 e. The molecule has 0 amide bonds. The number of halogens is 3. The van der Waals surface area contributed by atoms with Crippen LogP contribution in [0.25, 0.3) is 5.78 Å². The van der Waals surface area contributed by atoms with E-state index >= 15 is 0 Å². The summed E-state index contributed by atoms with van der Waals surface area (Å²) in [5.74, 6) is 0.269. The highest BCUT2D eigenvalue weighted by molar-refractivity contribution is 5.48. The molecule has 0 aliphatic carbocycles. The molecule has 0 saturated carbocycles. The van der Waals surface area contributed by atoms with Crippen LogP contribution in [-0.2, 0) is 17.3 Å². The second-order valence-electron chi connectivity index (χ2n) is 6.43. The van der Waals surface area contributed by atoms with E-state index in [1.165, 1.54) is 16.4 Å². The molecule has 1 aliphatic heterocycles. The molecule has 27 heavy (non-hydrogen) atoms. The van der Waals surface area contributed by atoms with Crippen LogP contribution < -0.4 is 4.90 Å². The standard InChI is InChI=1S/C18H18F3N5O/c19-18(20,21)15-10-16(26-17(24-15)22-12-23-26)25-8-9-27-14(11-25)7-6-13-4-2-1-3-5-13/h1-5,10,12,14H,6-9,11H2. The first-order valence-electron chi connectivity index (χ1n) is 8.69. The van der Waals surface area contributed by atoms with Gasteiger partial charge in [0.2, 0.25) is 0 Å². The summed E-state index contributed by atoms with van der Waals surface area (Å²) in [5, 5.41) is 4.03. The number of hydrogen-bond donors (Lipinski definition) is 0. The molecule has 3 heterocycles. The highest BCUT2D eigenvalue weighted by Crippen LogP contribution is 2.31. The summed E-state index contributed by atoms with van der Waals surface area (Å²) in [4.78, 5) is 9.25. The minimum Gasteiger partial charge on any atom is -0.375 e. The number of rotatable bonds is 4. The average molecular weight is 377 g/mol. The number of fused-ring (bicyclic) bond motifs is 1. The van der Waals surface area contributed by atoms with Crippen LogP contribution in [0.5, 0.6) is 0 Å². The third-order valence-electron chi connectivity index (χ3n) is 4.58. The van der Waals surface area contributed by atoms with Crippen molar-refractivity contribution in [3.05, 3.63) is 54.0 Å². The van der Waals surface area contributed by atoms with Gasteiger partial charge in [-0.1, -0.05) is 30.3 Å². The molecular weight excluding hydrogens is 359 g/mol. The van der Waals surface area contributed by atoms with E-state index in [-0.39, 0.29) is 11.9 Å². The predicted octanol–water partition coefficient (Wildman–Crippen LogP) is 2.98. The van der Waals surface area contributed by atoms with Crippen LogP contribution in [0.1, 0.15) is 17.7 Å². The monoisotopic (exact) mass is 377 g/mol. The quantitative estimate of drug-likeness (QED) is 0.700. The zero-order valence-electron chi connectivity index (χ0n) is 14.4. The highest BCUT2D eigenvalue weighted by Gasteiger charge is 2.35. The van der Waals surface area contributed by atoms with Gasteiger partial charge in [0.25, 0.3) is 5.78 Å². The molecule has 142 valence electrons. The van der Waals surface area contributed by atoms with Crippen LogP contribution in [0, 0.1) is 0 Å². The SMILES string of the molecule is FC(F)(F)c1cc(N2CCOC(CCc3ccccc3)C2)n2ncnc2n1. The lowest BCUT2D eigenvalue weighted by atomic mass is 10.1. The van der Waals surface area contributed by atoms with Crippen molar-refractivity contribution in [2.45, 2.75) is 25.1 Å². The summed E-state index contributed by atoms with van der Waals surface area (Å²) >= 11 is 0.